The fourth-order valence-corrected chi connectivity index (χ4v) is 2.24. The highest BCUT2D eigenvalue weighted by atomic mass is 16.6. The van der Waals surface area contributed by atoms with Crippen molar-refractivity contribution in [3.05, 3.63) is 39.9 Å². The average molecular weight is 248 g/mol. The molecule has 0 bridgehead atoms. The summed E-state index contributed by atoms with van der Waals surface area (Å²) in [7, 11) is 0. The lowest BCUT2D eigenvalue weighted by molar-refractivity contribution is -0.385. The van der Waals surface area contributed by atoms with Gasteiger partial charge in [-0.1, -0.05) is 38.0 Å². The quantitative estimate of drug-likeness (QED) is 0.595. The summed E-state index contributed by atoms with van der Waals surface area (Å²) < 4.78 is 0. The Morgan fingerprint density at radius 3 is 2.78 bits per heavy atom. The summed E-state index contributed by atoms with van der Waals surface area (Å²) in [6.45, 7) is 2.75. The van der Waals surface area contributed by atoms with Gasteiger partial charge in [-0.05, 0) is 18.8 Å². The molecular weight excluding hydrogens is 228 g/mol. The maximum absolute atomic E-state index is 10.9. The number of nitro groups is 1. The zero-order valence-electron chi connectivity index (χ0n) is 10.8. The Morgan fingerprint density at radius 1 is 1.44 bits per heavy atom. The molecule has 0 amide bonds. The van der Waals surface area contributed by atoms with Gasteiger partial charge in [-0.3, -0.25) is 10.1 Å². The molecule has 2 rings (SSSR count). The van der Waals surface area contributed by atoms with Crippen molar-refractivity contribution in [3.63, 3.8) is 0 Å². The van der Waals surface area contributed by atoms with Crippen LogP contribution in [0, 0.1) is 16.0 Å². The normalized spacial score (nSPS) is 16.5. The second kappa shape index (κ2) is 5.96. The smallest absolute Gasteiger partial charge is 0.273 e. The molecule has 1 atom stereocenters. The number of nitrogens with one attached hydrogen (secondary N) is 1. The summed E-state index contributed by atoms with van der Waals surface area (Å²) >= 11 is 0. The van der Waals surface area contributed by atoms with Crippen LogP contribution in [0.5, 0.6) is 0 Å². The van der Waals surface area contributed by atoms with Crippen LogP contribution in [0.3, 0.4) is 0 Å². The van der Waals surface area contributed by atoms with Crippen molar-refractivity contribution in [2.45, 2.75) is 45.2 Å². The molecule has 1 N–H and O–H groups in total. The Labute approximate surface area is 108 Å². The van der Waals surface area contributed by atoms with Crippen molar-refractivity contribution in [3.8, 4) is 0 Å². The van der Waals surface area contributed by atoms with Gasteiger partial charge in [-0.25, -0.2) is 0 Å². The van der Waals surface area contributed by atoms with Crippen molar-refractivity contribution in [2.24, 2.45) is 5.92 Å². The molecule has 98 valence electrons. The van der Waals surface area contributed by atoms with Gasteiger partial charge < -0.3 is 5.32 Å². The Bertz CT molecular complexity index is 416. The summed E-state index contributed by atoms with van der Waals surface area (Å²) in [4.78, 5) is 10.6. The van der Waals surface area contributed by atoms with Gasteiger partial charge in [0.2, 0.25) is 0 Å². The highest BCUT2D eigenvalue weighted by Crippen LogP contribution is 2.34. The van der Waals surface area contributed by atoms with Gasteiger partial charge in [0.15, 0.2) is 0 Å². The molecule has 1 fully saturated rings. The maximum atomic E-state index is 10.9. The largest absolute Gasteiger partial charge is 0.310 e. The van der Waals surface area contributed by atoms with Crippen LogP contribution in [0.25, 0.3) is 0 Å². The van der Waals surface area contributed by atoms with E-state index in [1.54, 1.807) is 12.1 Å². The first-order valence-corrected chi connectivity index (χ1v) is 6.66. The van der Waals surface area contributed by atoms with E-state index in [0.717, 1.165) is 17.9 Å². The molecule has 0 aliphatic heterocycles. The number of hydrogen-bond acceptors (Lipinski definition) is 3. The molecule has 0 radical (unpaired) electrons. The van der Waals surface area contributed by atoms with Crippen LogP contribution < -0.4 is 5.32 Å². The molecular formula is C14H20N2O2. The van der Waals surface area contributed by atoms with Crippen molar-refractivity contribution >= 4 is 5.69 Å². The summed E-state index contributed by atoms with van der Waals surface area (Å²) in [5, 5.41) is 14.3. The van der Waals surface area contributed by atoms with Crippen LogP contribution in [-0.2, 0) is 6.54 Å². The van der Waals surface area contributed by atoms with Crippen molar-refractivity contribution in [2.75, 3.05) is 0 Å². The van der Waals surface area contributed by atoms with E-state index in [2.05, 4.69) is 12.2 Å². The molecule has 0 spiro atoms. The molecule has 18 heavy (non-hydrogen) atoms. The van der Waals surface area contributed by atoms with E-state index in [0.29, 0.717) is 12.6 Å². The molecule has 0 heterocycles. The van der Waals surface area contributed by atoms with Crippen LogP contribution in [0.2, 0.25) is 0 Å². The summed E-state index contributed by atoms with van der Waals surface area (Å²) in [5.41, 5.74) is 0.989. The van der Waals surface area contributed by atoms with E-state index in [4.69, 9.17) is 0 Å². The van der Waals surface area contributed by atoms with Crippen LogP contribution in [0.15, 0.2) is 24.3 Å². The second-order valence-corrected chi connectivity index (χ2v) is 5.05. The standard InChI is InChI=1S/C14H20N2O2/c1-2-13(9-11-7-8-11)15-10-12-5-3-4-6-14(12)16(17)18/h3-6,11,13,15H,2,7-10H2,1H3. The van der Waals surface area contributed by atoms with Crippen molar-refractivity contribution in [1.82, 2.24) is 5.32 Å². The van der Waals surface area contributed by atoms with E-state index in [1.165, 1.54) is 19.3 Å². The fourth-order valence-electron chi connectivity index (χ4n) is 2.24. The topological polar surface area (TPSA) is 55.2 Å². The minimum atomic E-state index is -0.307. The third kappa shape index (κ3) is 3.53. The SMILES string of the molecule is CCC(CC1CC1)NCc1ccccc1[N+](=O)[O-]. The van der Waals surface area contributed by atoms with Gasteiger partial charge in [0, 0.05) is 24.2 Å². The first kappa shape index (κ1) is 13.0. The number of benzene rings is 1. The summed E-state index contributed by atoms with van der Waals surface area (Å²) in [5.74, 6) is 0.883. The highest BCUT2D eigenvalue weighted by Gasteiger charge is 2.24. The zero-order valence-corrected chi connectivity index (χ0v) is 10.8. The van der Waals surface area contributed by atoms with E-state index in [-0.39, 0.29) is 10.6 Å². The molecule has 4 nitrogen and oxygen atoms in total. The van der Waals surface area contributed by atoms with Gasteiger partial charge in [0.25, 0.3) is 5.69 Å². The van der Waals surface area contributed by atoms with Gasteiger partial charge >= 0.3 is 0 Å². The van der Waals surface area contributed by atoms with Crippen LogP contribution in [0.1, 0.15) is 38.2 Å². The molecule has 4 heteroatoms. The summed E-state index contributed by atoms with van der Waals surface area (Å²) in [6, 6.07) is 7.44. The number of nitrogens with zero attached hydrogens (tertiary/aromatic N) is 1. The number of nitro benzene ring substituents is 1. The number of rotatable bonds is 7. The highest BCUT2D eigenvalue weighted by molar-refractivity contribution is 5.39. The predicted octanol–water partition coefficient (Wildman–Crippen LogP) is 3.26. The molecule has 0 aromatic heterocycles. The second-order valence-electron chi connectivity index (χ2n) is 5.05. The van der Waals surface area contributed by atoms with Crippen LogP contribution >= 0.6 is 0 Å². The lowest BCUT2D eigenvalue weighted by Gasteiger charge is -2.16. The molecule has 1 aliphatic rings. The van der Waals surface area contributed by atoms with Gasteiger partial charge in [-0.15, -0.1) is 0 Å². The molecule has 1 saturated carbocycles. The van der Waals surface area contributed by atoms with Gasteiger partial charge in [0.1, 0.15) is 0 Å². The first-order chi connectivity index (χ1) is 8.70. The van der Waals surface area contributed by atoms with Crippen LogP contribution in [0.4, 0.5) is 5.69 Å². The van der Waals surface area contributed by atoms with Gasteiger partial charge in [-0.2, -0.15) is 0 Å². The molecule has 0 saturated heterocycles. The first-order valence-electron chi connectivity index (χ1n) is 6.66. The summed E-state index contributed by atoms with van der Waals surface area (Å²) in [6.07, 6.45) is 4.99. The molecule has 1 aromatic carbocycles. The van der Waals surface area contributed by atoms with E-state index < -0.39 is 0 Å². The Hall–Kier alpha value is -1.42. The van der Waals surface area contributed by atoms with Crippen molar-refractivity contribution < 1.29 is 4.92 Å². The minimum Gasteiger partial charge on any atom is -0.310 e. The van der Waals surface area contributed by atoms with E-state index in [1.807, 2.05) is 12.1 Å². The molecule has 1 aliphatic carbocycles. The Balaban J connectivity index is 1.93. The lowest BCUT2D eigenvalue weighted by Crippen LogP contribution is -2.28. The predicted molar refractivity (Wildman–Crippen MR) is 71.4 cm³/mol. The molecule has 1 unspecified atom stereocenters. The average Bonchev–Trinajstić information content (AvgIpc) is 3.18. The maximum Gasteiger partial charge on any atom is 0.273 e. The Kier molecular flexibility index (Phi) is 4.31. The lowest BCUT2D eigenvalue weighted by atomic mass is 10.1. The number of hydrogen-bond donors (Lipinski definition) is 1. The van der Waals surface area contributed by atoms with Crippen molar-refractivity contribution in [1.29, 1.82) is 0 Å². The van der Waals surface area contributed by atoms with Gasteiger partial charge in [0.05, 0.1) is 4.92 Å². The van der Waals surface area contributed by atoms with Crippen LogP contribution in [-0.4, -0.2) is 11.0 Å². The molecule has 1 aromatic rings. The fraction of sp³-hybridized carbons (Fsp3) is 0.571. The third-order valence-electron chi connectivity index (χ3n) is 3.58. The van der Waals surface area contributed by atoms with E-state index in [9.17, 15) is 10.1 Å². The minimum absolute atomic E-state index is 0.214. The monoisotopic (exact) mass is 248 g/mol. The zero-order chi connectivity index (χ0) is 13.0. The Morgan fingerprint density at radius 2 is 2.17 bits per heavy atom. The third-order valence-corrected chi connectivity index (χ3v) is 3.58. The van der Waals surface area contributed by atoms with E-state index >= 15 is 0 Å². The number of para-hydroxylation sites is 1.